The van der Waals surface area contributed by atoms with Gasteiger partial charge < -0.3 is 10.1 Å². The minimum atomic E-state index is -0.754. The molecule has 0 saturated carbocycles. The van der Waals surface area contributed by atoms with Gasteiger partial charge in [-0.15, -0.1) is 0 Å². The van der Waals surface area contributed by atoms with Gasteiger partial charge in [-0.25, -0.2) is 0 Å². The third kappa shape index (κ3) is 2.04. The molecule has 18 heavy (non-hydrogen) atoms. The van der Waals surface area contributed by atoms with Crippen LogP contribution in [0.4, 0.5) is 0 Å². The third-order valence-corrected chi connectivity index (χ3v) is 2.61. The first-order valence-corrected chi connectivity index (χ1v) is 5.52. The molecule has 0 spiro atoms. The van der Waals surface area contributed by atoms with Crippen LogP contribution < -0.4 is 5.32 Å². The molecule has 1 N–H and O–H groups in total. The van der Waals surface area contributed by atoms with Crippen LogP contribution in [0.5, 0.6) is 0 Å². The van der Waals surface area contributed by atoms with E-state index < -0.39 is 16.9 Å². The number of nitro groups is 1. The maximum Gasteiger partial charge on any atom is 0.320 e. The molecule has 0 aromatic heterocycles. The van der Waals surface area contributed by atoms with Gasteiger partial charge in [0.05, 0.1) is 11.5 Å². The number of amides is 1. The molecule has 0 bridgehead atoms. The van der Waals surface area contributed by atoms with E-state index in [9.17, 15) is 14.9 Å². The van der Waals surface area contributed by atoms with E-state index in [-0.39, 0.29) is 18.1 Å². The van der Waals surface area contributed by atoms with Crippen LogP contribution in [0.1, 0.15) is 18.5 Å². The molecule has 1 aromatic carbocycles. The van der Waals surface area contributed by atoms with E-state index >= 15 is 0 Å². The number of hydrogen-bond acceptors (Lipinski definition) is 4. The van der Waals surface area contributed by atoms with Gasteiger partial charge in [-0.1, -0.05) is 30.3 Å². The summed E-state index contributed by atoms with van der Waals surface area (Å²) in [6, 6.07) is 8.02. The fraction of sp³-hybridized carbons (Fsp3) is 0.250. The number of carbonyl (C=O) groups excluding carboxylic acids is 1. The van der Waals surface area contributed by atoms with Crippen LogP contribution in [-0.2, 0) is 9.53 Å². The lowest BCUT2D eigenvalue weighted by Gasteiger charge is -2.08. The molecule has 1 aliphatic rings. The highest BCUT2D eigenvalue weighted by atomic mass is 16.6. The summed E-state index contributed by atoms with van der Waals surface area (Å²) in [4.78, 5) is 22.2. The summed E-state index contributed by atoms with van der Waals surface area (Å²) in [6.07, 6.45) is 0. The monoisotopic (exact) mass is 248 g/mol. The van der Waals surface area contributed by atoms with Crippen LogP contribution in [0.15, 0.2) is 41.8 Å². The maximum atomic E-state index is 11.7. The number of rotatable bonds is 4. The Labute approximate surface area is 103 Å². The Hall–Kier alpha value is -2.37. The Morgan fingerprint density at radius 3 is 2.61 bits per heavy atom. The third-order valence-electron chi connectivity index (χ3n) is 2.61. The summed E-state index contributed by atoms with van der Waals surface area (Å²) in [5.41, 5.74) is 0.431. The van der Waals surface area contributed by atoms with Gasteiger partial charge >= 0.3 is 5.70 Å². The predicted molar refractivity (Wildman–Crippen MR) is 63.0 cm³/mol. The van der Waals surface area contributed by atoms with E-state index in [0.29, 0.717) is 5.56 Å². The predicted octanol–water partition coefficient (Wildman–Crippen LogP) is 1.38. The van der Waals surface area contributed by atoms with Gasteiger partial charge in [0.2, 0.25) is 0 Å². The van der Waals surface area contributed by atoms with Crippen molar-refractivity contribution < 1.29 is 14.5 Å². The number of carbonyl (C=O) groups is 1. The zero-order valence-electron chi connectivity index (χ0n) is 9.75. The minimum absolute atomic E-state index is 0.198. The minimum Gasteiger partial charge on any atom is -0.483 e. The van der Waals surface area contributed by atoms with Crippen molar-refractivity contribution in [2.75, 3.05) is 6.61 Å². The normalized spacial score (nSPS) is 18.7. The summed E-state index contributed by atoms with van der Waals surface area (Å²) in [7, 11) is 0. The SMILES string of the molecule is CCOC1=C([N+](=O)[O-])C(c2ccccc2)NC1=O. The van der Waals surface area contributed by atoms with E-state index in [1.807, 2.05) is 0 Å². The first-order valence-electron chi connectivity index (χ1n) is 5.52. The van der Waals surface area contributed by atoms with Crippen LogP contribution in [-0.4, -0.2) is 17.4 Å². The van der Waals surface area contributed by atoms with Gasteiger partial charge in [0, 0.05) is 0 Å². The Bertz CT molecular complexity index is 510. The maximum absolute atomic E-state index is 11.7. The van der Waals surface area contributed by atoms with E-state index in [1.165, 1.54) is 0 Å². The largest absolute Gasteiger partial charge is 0.483 e. The standard InChI is InChI=1S/C12H12N2O4/c1-2-18-11-10(14(16)17)9(13-12(11)15)8-6-4-3-5-7-8/h3-7,9H,2H2,1H3,(H,13,15). The van der Waals surface area contributed by atoms with Crippen molar-refractivity contribution >= 4 is 5.91 Å². The van der Waals surface area contributed by atoms with Crippen molar-refractivity contribution in [3.05, 3.63) is 57.5 Å². The van der Waals surface area contributed by atoms with Crippen molar-refractivity contribution in [1.82, 2.24) is 5.32 Å². The molecule has 1 unspecified atom stereocenters. The molecule has 0 saturated heterocycles. The lowest BCUT2D eigenvalue weighted by Crippen LogP contribution is -2.23. The van der Waals surface area contributed by atoms with Crippen molar-refractivity contribution in [3.63, 3.8) is 0 Å². The molecule has 2 rings (SSSR count). The summed E-state index contributed by atoms with van der Waals surface area (Å²) in [6.45, 7) is 1.88. The molecule has 1 heterocycles. The molecule has 1 aromatic rings. The number of nitrogens with zero attached hydrogens (tertiary/aromatic N) is 1. The Balaban J connectivity index is 2.44. The molecular weight excluding hydrogens is 236 g/mol. The van der Waals surface area contributed by atoms with E-state index in [4.69, 9.17) is 4.74 Å². The average Bonchev–Trinajstić information content (AvgIpc) is 2.69. The van der Waals surface area contributed by atoms with Gasteiger partial charge in [0.25, 0.3) is 11.7 Å². The molecule has 6 heteroatoms. The van der Waals surface area contributed by atoms with Gasteiger partial charge in [0.15, 0.2) is 0 Å². The Morgan fingerprint density at radius 1 is 1.39 bits per heavy atom. The fourth-order valence-electron chi connectivity index (χ4n) is 1.87. The molecule has 0 fully saturated rings. The van der Waals surface area contributed by atoms with Gasteiger partial charge in [0.1, 0.15) is 6.04 Å². The molecule has 0 radical (unpaired) electrons. The summed E-state index contributed by atoms with van der Waals surface area (Å²) < 4.78 is 5.07. The van der Waals surface area contributed by atoms with Crippen LogP contribution in [0.3, 0.4) is 0 Å². The number of benzene rings is 1. The second-order valence-electron chi connectivity index (χ2n) is 3.72. The average molecular weight is 248 g/mol. The topological polar surface area (TPSA) is 81.5 Å². The zero-order chi connectivity index (χ0) is 13.1. The summed E-state index contributed by atoms with van der Waals surface area (Å²) in [5.74, 6) is -0.742. The fourth-order valence-corrected chi connectivity index (χ4v) is 1.87. The second-order valence-corrected chi connectivity index (χ2v) is 3.72. The molecule has 1 aliphatic heterocycles. The smallest absolute Gasteiger partial charge is 0.320 e. The van der Waals surface area contributed by atoms with E-state index in [0.717, 1.165) is 0 Å². The lowest BCUT2D eigenvalue weighted by molar-refractivity contribution is -0.432. The first kappa shape index (κ1) is 12.1. The van der Waals surface area contributed by atoms with Crippen LogP contribution >= 0.6 is 0 Å². The van der Waals surface area contributed by atoms with Crippen molar-refractivity contribution in [1.29, 1.82) is 0 Å². The van der Waals surface area contributed by atoms with Crippen LogP contribution in [0.25, 0.3) is 0 Å². The molecule has 1 amide bonds. The quantitative estimate of drug-likeness (QED) is 0.644. The summed E-state index contributed by atoms with van der Waals surface area (Å²) >= 11 is 0. The highest BCUT2D eigenvalue weighted by Gasteiger charge is 2.42. The Morgan fingerprint density at radius 2 is 2.06 bits per heavy atom. The van der Waals surface area contributed by atoms with Gasteiger partial charge in [-0.3, -0.25) is 14.9 Å². The van der Waals surface area contributed by atoms with E-state index in [2.05, 4.69) is 5.32 Å². The van der Waals surface area contributed by atoms with E-state index in [1.54, 1.807) is 37.3 Å². The number of nitrogens with one attached hydrogen (secondary N) is 1. The van der Waals surface area contributed by atoms with Crippen LogP contribution in [0.2, 0.25) is 0 Å². The van der Waals surface area contributed by atoms with Crippen molar-refractivity contribution in [3.8, 4) is 0 Å². The molecule has 94 valence electrons. The van der Waals surface area contributed by atoms with Crippen molar-refractivity contribution in [2.45, 2.75) is 13.0 Å². The van der Waals surface area contributed by atoms with Crippen LogP contribution in [0, 0.1) is 10.1 Å². The van der Waals surface area contributed by atoms with Gasteiger partial charge in [-0.2, -0.15) is 0 Å². The molecular formula is C12H12N2O4. The first-order chi connectivity index (χ1) is 8.65. The molecule has 1 atom stereocenters. The Kier molecular flexibility index (Phi) is 3.27. The number of ether oxygens (including phenoxy) is 1. The highest BCUT2D eigenvalue weighted by molar-refractivity contribution is 5.95. The summed E-state index contributed by atoms with van der Waals surface area (Å²) in [5, 5.41) is 13.6. The number of hydrogen-bond donors (Lipinski definition) is 1. The van der Waals surface area contributed by atoms with Crippen molar-refractivity contribution in [2.24, 2.45) is 0 Å². The molecule has 0 aliphatic carbocycles. The highest BCUT2D eigenvalue weighted by Crippen LogP contribution is 2.30. The lowest BCUT2D eigenvalue weighted by atomic mass is 10.1. The van der Waals surface area contributed by atoms with Gasteiger partial charge in [-0.05, 0) is 12.5 Å². The second kappa shape index (κ2) is 4.87. The molecule has 6 nitrogen and oxygen atoms in total. The zero-order valence-corrected chi connectivity index (χ0v) is 9.75.